The van der Waals surface area contributed by atoms with Gasteiger partial charge in [-0.2, -0.15) is 0 Å². The van der Waals surface area contributed by atoms with Crippen LogP contribution in [0.3, 0.4) is 0 Å². The van der Waals surface area contributed by atoms with E-state index in [9.17, 15) is 34.2 Å². The van der Waals surface area contributed by atoms with E-state index in [2.05, 4.69) is 16.0 Å². The Kier molecular flexibility index (Phi) is 11.0. The molecule has 0 radical (unpaired) electrons. The van der Waals surface area contributed by atoms with E-state index in [0.717, 1.165) is 0 Å². The summed E-state index contributed by atoms with van der Waals surface area (Å²) in [5, 5.41) is 34.9. The normalized spacial score (nSPS) is 15.3. The molecule has 0 spiro atoms. The van der Waals surface area contributed by atoms with E-state index in [1.807, 2.05) is 0 Å². The van der Waals surface area contributed by atoms with Crippen LogP contribution in [0.4, 0.5) is 0 Å². The predicted molar refractivity (Wildman–Crippen MR) is 116 cm³/mol. The Bertz CT molecular complexity index is 844. The third-order valence-corrected chi connectivity index (χ3v) is 4.65. The van der Waals surface area contributed by atoms with E-state index in [1.54, 1.807) is 30.3 Å². The predicted octanol–water partition coefficient (Wildman–Crippen LogP) is -1.64. The zero-order valence-corrected chi connectivity index (χ0v) is 18.4. The van der Waals surface area contributed by atoms with E-state index in [-0.39, 0.29) is 6.42 Å². The number of hydrogen-bond acceptors (Lipinski definition) is 7. The van der Waals surface area contributed by atoms with E-state index >= 15 is 0 Å². The first-order valence-electron chi connectivity index (χ1n) is 10.3. The lowest BCUT2D eigenvalue weighted by molar-refractivity contribution is -0.144. The second-order valence-corrected chi connectivity index (χ2v) is 7.60. The van der Waals surface area contributed by atoms with Crippen molar-refractivity contribution >= 4 is 29.7 Å². The quantitative estimate of drug-likeness (QED) is 0.178. The third kappa shape index (κ3) is 9.66. The minimum absolute atomic E-state index is 0.0651. The number of carbonyl (C=O) groups is 5. The Hall–Kier alpha value is -3.51. The van der Waals surface area contributed by atoms with Gasteiger partial charge in [-0.3, -0.25) is 19.2 Å². The molecule has 0 heterocycles. The molecule has 0 saturated heterocycles. The number of benzene rings is 1. The van der Waals surface area contributed by atoms with Gasteiger partial charge >= 0.3 is 11.9 Å². The SMILES string of the molecule is CC(N)C(=O)NC(Cc1ccccc1)C(=O)NC(C(=O)NC(CCC(=O)O)C(=O)O)C(C)O. The summed E-state index contributed by atoms with van der Waals surface area (Å²) in [5.74, 6) is -5.14. The van der Waals surface area contributed by atoms with Gasteiger partial charge in [-0.15, -0.1) is 0 Å². The molecule has 33 heavy (non-hydrogen) atoms. The van der Waals surface area contributed by atoms with E-state index in [4.69, 9.17) is 10.8 Å². The summed E-state index contributed by atoms with van der Waals surface area (Å²) in [6, 6.07) is 3.59. The molecule has 1 rings (SSSR count). The summed E-state index contributed by atoms with van der Waals surface area (Å²) in [6.45, 7) is 2.65. The molecule has 182 valence electrons. The van der Waals surface area contributed by atoms with Gasteiger partial charge in [0.05, 0.1) is 12.1 Å². The number of aliphatic carboxylic acids is 2. The lowest BCUT2D eigenvalue weighted by Gasteiger charge is -2.26. The van der Waals surface area contributed by atoms with Gasteiger partial charge in [0, 0.05) is 12.8 Å². The molecular weight excluding hydrogens is 436 g/mol. The molecule has 0 bridgehead atoms. The average molecular weight is 466 g/mol. The van der Waals surface area contributed by atoms with Crippen LogP contribution in [0.5, 0.6) is 0 Å². The van der Waals surface area contributed by atoms with Gasteiger partial charge in [0.1, 0.15) is 18.1 Å². The molecule has 8 N–H and O–H groups in total. The van der Waals surface area contributed by atoms with E-state index in [1.165, 1.54) is 13.8 Å². The summed E-state index contributed by atoms with van der Waals surface area (Å²) in [5.41, 5.74) is 6.27. The maximum absolute atomic E-state index is 12.9. The molecule has 3 amide bonds. The first-order chi connectivity index (χ1) is 15.4. The van der Waals surface area contributed by atoms with Crippen LogP contribution >= 0.6 is 0 Å². The molecule has 0 fully saturated rings. The van der Waals surface area contributed by atoms with Crippen LogP contribution in [0, 0.1) is 0 Å². The highest BCUT2D eigenvalue weighted by atomic mass is 16.4. The highest BCUT2D eigenvalue weighted by Gasteiger charge is 2.32. The summed E-state index contributed by atoms with van der Waals surface area (Å²) in [6.07, 6.45) is -2.26. The molecule has 12 nitrogen and oxygen atoms in total. The number of nitrogens with two attached hydrogens (primary N) is 1. The highest BCUT2D eigenvalue weighted by Crippen LogP contribution is 2.06. The Morgan fingerprint density at radius 2 is 1.45 bits per heavy atom. The summed E-state index contributed by atoms with van der Waals surface area (Å²) < 4.78 is 0. The van der Waals surface area contributed by atoms with Gasteiger partial charge in [-0.05, 0) is 25.8 Å². The fourth-order valence-corrected chi connectivity index (χ4v) is 2.81. The van der Waals surface area contributed by atoms with Gasteiger partial charge in [-0.25, -0.2) is 4.79 Å². The molecule has 0 aromatic heterocycles. The number of carboxylic acid groups (broad SMARTS) is 2. The van der Waals surface area contributed by atoms with Gasteiger partial charge in [-0.1, -0.05) is 30.3 Å². The minimum atomic E-state index is -1.56. The largest absolute Gasteiger partial charge is 0.481 e. The molecule has 12 heteroatoms. The van der Waals surface area contributed by atoms with E-state index in [0.29, 0.717) is 5.56 Å². The van der Waals surface area contributed by atoms with Crippen LogP contribution in [0.1, 0.15) is 32.3 Å². The van der Waals surface area contributed by atoms with Crippen molar-refractivity contribution in [1.29, 1.82) is 0 Å². The van der Waals surface area contributed by atoms with Crippen LogP contribution < -0.4 is 21.7 Å². The van der Waals surface area contributed by atoms with Crippen molar-refractivity contribution in [3.05, 3.63) is 35.9 Å². The highest BCUT2D eigenvalue weighted by molar-refractivity contribution is 5.94. The van der Waals surface area contributed by atoms with Crippen LogP contribution in [0.25, 0.3) is 0 Å². The molecule has 1 aromatic carbocycles. The lowest BCUT2D eigenvalue weighted by atomic mass is 10.0. The number of rotatable bonds is 13. The van der Waals surface area contributed by atoms with Crippen molar-refractivity contribution in [3.8, 4) is 0 Å². The Morgan fingerprint density at radius 1 is 0.879 bits per heavy atom. The molecule has 5 atom stereocenters. The summed E-state index contributed by atoms with van der Waals surface area (Å²) in [7, 11) is 0. The Labute approximate surface area is 190 Å². The van der Waals surface area contributed by atoms with Gasteiger partial charge in [0.15, 0.2) is 0 Å². The standard InChI is InChI=1S/C21H30N4O8/c1-11(22)18(29)24-15(10-13-6-4-3-5-7-13)19(30)25-17(12(2)26)20(31)23-14(21(32)33)8-9-16(27)28/h3-7,11-12,14-15,17,26H,8-10,22H2,1-2H3,(H,23,31)(H,24,29)(H,25,30)(H,27,28)(H,32,33). The summed E-state index contributed by atoms with van der Waals surface area (Å²) >= 11 is 0. The van der Waals surface area contributed by atoms with Gasteiger partial charge in [0.2, 0.25) is 17.7 Å². The third-order valence-electron chi connectivity index (χ3n) is 4.65. The molecule has 0 saturated carbocycles. The van der Waals surface area contributed by atoms with Crippen LogP contribution in [-0.4, -0.2) is 75.3 Å². The van der Waals surface area contributed by atoms with Crippen molar-refractivity contribution in [1.82, 2.24) is 16.0 Å². The first-order valence-corrected chi connectivity index (χ1v) is 10.3. The lowest BCUT2D eigenvalue weighted by Crippen LogP contribution is -2.60. The van der Waals surface area contributed by atoms with Crippen LogP contribution in [0.2, 0.25) is 0 Å². The number of nitrogens with one attached hydrogen (secondary N) is 3. The van der Waals surface area contributed by atoms with Crippen molar-refractivity contribution in [2.45, 2.75) is 63.4 Å². The molecule has 5 unspecified atom stereocenters. The van der Waals surface area contributed by atoms with E-state index < -0.39 is 72.8 Å². The zero-order valence-electron chi connectivity index (χ0n) is 18.4. The Balaban J connectivity index is 3.00. The maximum atomic E-state index is 12.9. The molecular formula is C21H30N4O8. The van der Waals surface area contributed by atoms with Crippen molar-refractivity contribution in [3.63, 3.8) is 0 Å². The fourth-order valence-electron chi connectivity index (χ4n) is 2.81. The van der Waals surface area contributed by atoms with Crippen molar-refractivity contribution in [2.75, 3.05) is 0 Å². The number of carboxylic acids is 2. The van der Waals surface area contributed by atoms with Crippen molar-refractivity contribution < 1.29 is 39.3 Å². The number of aliphatic hydroxyl groups is 1. The topological polar surface area (TPSA) is 208 Å². The van der Waals surface area contributed by atoms with Gasteiger partial charge in [0.25, 0.3) is 0 Å². The maximum Gasteiger partial charge on any atom is 0.326 e. The second kappa shape index (κ2) is 13.1. The van der Waals surface area contributed by atoms with Gasteiger partial charge < -0.3 is 37.0 Å². The fraction of sp³-hybridized carbons (Fsp3) is 0.476. The minimum Gasteiger partial charge on any atom is -0.481 e. The number of aliphatic hydroxyl groups excluding tert-OH is 1. The number of carbonyl (C=O) groups excluding carboxylic acids is 3. The molecule has 1 aromatic rings. The molecule has 0 aliphatic carbocycles. The zero-order chi connectivity index (χ0) is 25.1. The van der Waals surface area contributed by atoms with Crippen LogP contribution in [-0.2, 0) is 30.4 Å². The van der Waals surface area contributed by atoms with Crippen LogP contribution in [0.15, 0.2) is 30.3 Å². The number of hydrogen-bond donors (Lipinski definition) is 7. The molecule has 0 aliphatic heterocycles. The molecule has 0 aliphatic rings. The second-order valence-electron chi connectivity index (χ2n) is 7.60. The van der Waals surface area contributed by atoms with Crippen molar-refractivity contribution in [2.24, 2.45) is 5.73 Å². The average Bonchev–Trinajstić information content (AvgIpc) is 2.74. The summed E-state index contributed by atoms with van der Waals surface area (Å²) in [4.78, 5) is 59.6. The smallest absolute Gasteiger partial charge is 0.326 e. The first kappa shape index (κ1) is 27.5. The number of amides is 3. The monoisotopic (exact) mass is 466 g/mol. The Morgan fingerprint density at radius 3 is 1.94 bits per heavy atom.